The molecule has 0 radical (unpaired) electrons. The summed E-state index contributed by atoms with van der Waals surface area (Å²) in [5, 5.41) is 12.4. The highest BCUT2D eigenvalue weighted by atomic mass is 16.2. The van der Waals surface area contributed by atoms with Crippen LogP contribution in [0.3, 0.4) is 0 Å². The summed E-state index contributed by atoms with van der Waals surface area (Å²) in [6.45, 7) is 4.08. The molecule has 0 spiro atoms. The Morgan fingerprint density at radius 2 is 2.25 bits per heavy atom. The largest absolute Gasteiger partial charge is 0.337 e. The van der Waals surface area contributed by atoms with Crippen LogP contribution in [0.25, 0.3) is 0 Å². The molecule has 1 aliphatic rings. The molecule has 4 nitrogen and oxygen atoms in total. The van der Waals surface area contributed by atoms with Gasteiger partial charge in [-0.3, -0.25) is 4.79 Å². The van der Waals surface area contributed by atoms with E-state index in [1.165, 1.54) is 0 Å². The standard InChI is InChI=1S/C16H21N3O/c1-2-19(16(20)15-9-5-6-10-18-15)12-14-8-4-3-7-13(14)11-17/h3-4,7-8,15,18H,2,5-6,9-10,12H2,1H3/t15-/m1/s1. The minimum absolute atomic E-state index is 0.0575. The topological polar surface area (TPSA) is 56.1 Å². The van der Waals surface area contributed by atoms with Crippen molar-refractivity contribution in [1.82, 2.24) is 10.2 Å². The minimum Gasteiger partial charge on any atom is -0.337 e. The zero-order valence-corrected chi connectivity index (χ0v) is 11.9. The summed E-state index contributed by atoms with van der Waals surface area (Å²) in [5.41, 5.74) is 1.57. The quantitative estimate of drug-likeness (QED) is 0.912. The van der Waals surface area contributed by atoms with E-state index in [9.17, 15) is 4.79 Å². The fourth-order valence-corrected chi connectivity index (χ4v) is 2.60. The van der Waals surface area contributed by atoms with E-state index in [1.54, 1.807) is 6.07 Å². The van der Waals surface area contributed by atoms with Crippen LogP contribution in [0, 0.1) is 11.3 Å². The van der Waals surface area contributed by atoms with Gasteiger partial charge in [-0.1, -0.05) is 24.6 Å². The molecule has 0 saturated carbocycles. The van der Waals surface area contributed by atoms with Gasteiger partial charge in [0.2, 0.25) is 5.91 Å². The zero-order valence-electron chi connectivity index (χ0n) is 11.9. The van der Waals surface area contributed by atoms with Crippen LogP contribution in [0.1, 0.15) is 37.3 Å². The Labute approximate surface area is 120 Å². The molecule has 2 rings (SSSR count). The number of nitriles is 1. The van der Waals surface area contributed by atoms with Crippen LogP contribution in [-0.2, 0) is 11.3 Å². The fraction of sp³-hybridized carbons (Fsp3) is 0.500. The Balaban J connectivity index is 2.08. The van der Waals surface area contributed by atoms with Gasteiger partial charge in [0, 0.05) is 13.1 Å². The van der Waals surface area contributed by atoms with Crippen LogP contribution >= 0.6 is 0 Å². The molecule has 1 aromatic carbocycles. The fourth-order valence-electron chi connectivity index (χ4n) is 2.60. The van der Waals surface area contributed by atoms with E-state index in [2.05, 4.69) is 11.4 Å². The van der Waals surface area contributed by atoms with Gasteiger partial charge in [0.1, 0.15) is 0 Å². The first-order valence-corrected chi connectivity index (χ1v) is 7.26. The molecule has 1 N–H and O–H groups in total. The predicted octanol–water partition coefficient (Wildman–Crippen LogP) is 2.05. The Morgan fingerprint density at radius 3 is 2.90 bits per heavy atom. The van der Waals surface area contributed by atoms with Gasteiger partial charge in [0.15, 0.2) is 0 Å². The highest BCUT2D eigenvalue weighted by Gasteiger charge is 2.25. The van der Waals surface area contributed by atoms with E-state index in [1.807, 2.05) is 30.0 Å². The summed E-state index contributed by atoms with van der Waals surface area (Å²) in [7, 11) is 0. The van der Waals surface area contributed by atoms with Crippen molar-refractivity contribution in [2.45, 2.75) is 38.8 Å². The number of benzene rings is 1. The number of piperidine rings is 1. The highest BCUT2D eigenvalue weighted by molar-refractivity contribution is 5.82. The number of nitrogens with zero attached hydrogens (tertiary/aromatic N) is 2. The molecule has 20 heavy (non-hydrogen) atoms. The third kappa shape index (κ3) is 3.37. The maximum atomic E-state index is 12.5. The van der Waals surface area contributed by atoms with Gasteiger partial charge >= 0.3 is 0 Å². The number of nitrogens with one attached hydrogen (secondary N) is 1. The summed E-state index contributed by atoms with van der Waals surface area (Å²) in [4.78, 5) is 14.3. The maximum absolute atomic E-state index is 12.5. The average Bonchev–Trinajstić information content (AvgIpc) is 2.53. The SMILES string of the molecule is CCN(Cc1ccccc1C#N)C(=O)[C@H]1CCCCN1. The lowest BCUT2D eigenvalue weighted by Gasteiger charge is -2.29. The average molecular weight is 271 g/mol. The number of amides is 1. The lowest BCUT2D eigenvalue weighted by molar-refractivity contribution is -0.134. The molecular weight excluding hydrogens is 250 g/mol. The molecule has 0 aliphatic carbocycles. The van der Waals surface area contributed by atoms with E-state index in [0.717, 1.165) is 31.4 Å². The summed E-state index contributed by atoms with van der Waals surface area (Å²) >= 11 is 0. The minimum atomic E-state index is -0.0575. The molecule has 1 aliphatic heterocycles. The van der Waals surface area contributed by atoms with E-state index < -0.39 is 0 Å². The number of hydrogen-bond donors (Lipinski definition) is 1. The van der Waals surface area contributed by atoms with Gasteiger partial charge < -0.3 is 10.2 Å². The molecular formula is C16H21N3O. The molecule has 1 atom stereocenters. The second-order valence-electron chi connectivity index (χ2n) is 5.12. The molecule has 0 unspecified atom stereocenters. The third-order valence-corrected chi connectivity index (χ3v) is 3.80. The molecule has 0 bridgehead atoms. The lowest BCUT2D eigenvalue weighted by atomic mass is 10.0. The molecule has 1 heterocycles. The van der Waals surface area contributed by atoms with Crippen molar-refractivity contribution in [2.24, 2.45) is 0 Å². The van der Waals surface area contributed by atoms with E-state index in [0.29, 0.717) is 18.7 Å². The Morgan fingerprint density at radius 1 is 1.45 bits per heavy atom. The Bertz CT molecular complexity index is 501. The van der Waals surface area contributed by atoms with Crippen molar-refractivity contribution in [3.8, 4) is 6.07 Å². The summed E-state index contributed by atoms with van der Waals surface area (Å²) in [6, 6.07) is 9.61. The van der Waals surface area contributed by atoms with Gasteiger partial charge in [-0.05, 0) is 37.9 Å². The van der Waals surface area contributed by atoms with Crippen LogP contribution in [0.4, 0.5) is 0 Å². The number of hydrogen-bond acceptors (Lipinski definition) is 3. The molecule has 4 heteroatoms. The Hall–Kier alpha value is -1.86. The van der Waals surface area contributed by atoms with Crippen LogP contribution in [-0.4, -0.2) is 29.9 Å². The van der Waals surface area contributed by atoms with Gasteiger partial charge in [0.25, 0.3) is 0 Å². The first-order chi connectivity index (χ1) is 9.76. The van der Waals surface area contributed by atoms with E-state index in [-0.39, 0.29) is 11.9 Å². The van der Waals surface area contributed by atoms with Gasteiger partial charge in [-0.15, -0.1) is 0 Å². The molecule has 0 aromatic heterocycles. The molecule has 1 fully saturated rings. The summed E-state index contributed by atoms with van der Waals surface area (Å²) < 4.78 is 0. The lowest BCUT2D eigenvalue weighted by Crippen LogP contribution is -2.48. The zero-order chi connectivity index (χ0) is 14.4. The summed E-state index contributed by atoms with van der Waals surface area (Å²) in [6.07, 6.45) is 3.16. The first-order valence-electron chi connectivity index (χ1n) is 7.26. The van der Waals surface area contributed by atoms with Crippen LogP contribution in [0.5, 0.6) is 0 Å². The number of likely N-dealkylation sites (N-methyl/N-ethyl adjacent to an activating group) is 1. The van der Waals surface area contributed by atoms with Gasteiger partial charge in [0.05, 0.1) is 17.7 Å². The molecule has 1 saturated heterocycles. The second kappa shape index (κ2) is 7.06. The third-order valence-electron chi connectivity index (χ3n) is 3.80. The smallest absolute Gasteiger partial charge is 0.239 e. The molecule has 1 aromatic rings. The molecule has 106 valence electrons. The van der Waals surface area contributed by atoms with E-state index >= 15 is 0 Å². The van der Waals surface area contributed by atoms with Gasteiger partial charge in [-0.25, -0.2) is 0 Å². The Kier molecular flexibility index (Phi) is 5.14. The van der Waals surface area contributed by atoms with Crippen molar-refractivity contribution in [2.75, 3.05) is 13.1 Å². The summed E-state index contributed by atoms with van der Waals surface area (Å²) in [5.74, 6) is 0.153. The normalized spacial score (nSPS) is 18.3. The van der Waals surface area contributed by atoms with Crippen molar-refractivity contribution < 1.29 is 4.79 Å². The van der Waals surface area contributed by atoms with Crippen molar-refractivity contribution in [1.29, 1.82) is 5.26 Å². The van der Waals surface area contributed by atoms with Crippen molar-refractivity contribution in [3.05, 3.63) is 35.4 Å². The van der Waals surface area contributed by atoms with Crippen LogP contribution in [0.2, 0.25) is 0 Å². The van der Waals surface area contributed by atoms with Crippen molar-refractivity contribution in [3.63, 3.8) is 0 Å². The van der Waals surface area contributed by atoms with Gasteiger partial charge in [-0.2, -0.15) is 5.26 Å². The number of rotatable bonds is 4. The first kappa shape index (κ1) is 14.5. The highest BCUT2D eigenvalue weighted by Crippen LogP contribution is 2.14. The number of carbonyl (C=O) groups is 1. The van der Waals surface area contributed by atoms with Crippen LogP contribution in [0.15, 0.2) is 24.3 Å². The second-order valence-corrected chi connectivity index (χ2v) is 5.12. The predicted molar refractivity (Wildman–Crippen MR) is 77.9 cm³/mol. The van der Waals surface area contributed by atoms with Crippen LogP contribution < -0.4 is 5.32 Å². The van der Waals surface area contributed by atoms with Crippen molar-refractivity contribution >= 4 is 5.91 Å². The monoisotopic (exact) mass is 271 g/mol. The van der Waals surface area contributed by atoms with E-state index in [4.69, 9.17) is 5.26 Å². The maximum Gasteiger partial charge on any atom is 0.239 e. The molecule has 1 amide bonds. The number of carbonyl (C=O) groups excluding carboxylic acids is 1.